The lowest BCUT2D eigenvalue weighted by Crippen LogP contribution is -2.46. The Balaban J connectivity index is 1.30. The van der Waals surface area contributed by atoms with E-state index in [-0.39, 0.29) is 42.8 Å². The number of aliphatic hydroxyl groups is 2. The number of phenols is 2. The molecule has 0 saturated heterocycles. The molecule has 4 aromatic rings. The molecule has 2 aliphatic heterocycles. The molecule has 5 N–H and O–H groups in total. The van der Waals surface area contributed by atoms with Gasteiger partial charge >= 0.3 is 0 Å². The van der Waals surface area contributed by atoms with Crippen LogP contribution in [0, 0.1) is 11.8 Å². The van der Waals surface area contributed by atoms with Gasteiger partial charge in [-0.25, -0.2) is 0 Å². The molecule has 0 aromatic heterocycles. The van der Waals surface area contributed by atoms with E-state index in [2.05, 4.69) is 5.32 Å². The molecule has 0 unspecified atom stereocenters. The maximum atomic E-state index is 12.7. The number of ether oxygens (including phenoxy) is 6. The summed E-state index contributed by atoms with van der Waals surface area (Å²) >= 11 is 0. The lowest BCUT2D eigenvalue weighted by Gasteiger charge is -2.46. The molecule has 3 aliphatic rings. The first-order chi connectivity index (χ1) is 27.8. The fraction of sp³-hybridized carbons (Fsp3) is 0.478. The molecule has 1 saturated carbocycles. The monoisotopic (exact) mass is 783 g/mol. The van der Waals surface area contributed by atoms with Gasteiger partial charge in [-0.2, -0.15) is 0 Å². The molecule has 11 nitrogen and oxygen atoms in total. The molecule has 0 spiro atoms. The van der Waals surface area contributed by atoms with Gasteiger partial charge in [0.25, 0.3) is 0 Å². The van der Waals surface area contributed by atoms with E-state index in [1.807, 2.05) is 43.4 Å². The molecule has 1 fully saturated rings. The van der Waals surface area contributed by atoms with E-state index in [4.69, 9.17) is 28.4 Å². The smallest absolute Gasteiger partial charge is 0.128 e. The van der Waals surface area contributed by atoms with Crippen molar-refractivity contribution in [2.75, 3.05) is 47.7 Å². The third-order valence-electron chi connectivity index (χ3n) is 11.6. The molecule has 1 aliphatic carbocycles. The lowest BCUT2D eigenvalue weighted by molar-refractivity contribution is -0.114. The summed E-state index contributed by atoms with van der Waals surface area (Å²) in [4.78, 5) is 0. The zero-order valence-corrected chi connectivity index (χ0v) is 33.2. The van der Waals surface area contributed by atoms with Crippen molar-refractivity contribution in [1.29, 1.82) is 0 Å². The highest BCUT2D eigenvalue weighted by Crippen LogP contribution is 2.53. The van der Waals surface area contributed by atoms with Crippen LogP contribution < -0.4 is 24.3 Å². The summed E-state index contributed by atoms with van der Waals surface area (Å²) in [6, 6.07) is 20.2. The molecule has 11 heteroatoms. The highest BCUT2D eigenvalue weighted by Gasteiger charge is 2.49. The van der Waals surface area contributed by atoms with Crippen LogP contribution >= 0.6 is 0 Å². The van der Waals surface area contributed by atoms with Crippen molar-refractivity contribution in [3.05, 3.63) is 94.5 Å². The van der Waals surface area contributed by atoms with Crippen LogP contribution in [-0.4, -0.2) is 80.3 Å². The molecule has 4 aromatic carbocycles. The van der Waals surface area contributed by atoms with Crippen molar-refractivity contribution in [3.63, 3.8) is 0 Å². The Morgan fingerprint density at radius 1 is 0.860 bits per heavy atom. The zero-order chi connectivity index (χ0) is 39.9. The maximum absolute atomic E-state index is 12.7. The average Bonchev–Trinajstić information content (AvgIpc) is 3.72. The van der Waals surface area contributed by atoms with Crippen molar-refractivity contribution >= 4 is 0 Å². The number of rotatable bonds is 17. The summed E-state index contributed by atoms with van der Waals surface area (Å²) in [5, 5.41) is 46.6. The third-order valence-corrected chi connectivity index (χ3v) is 11.6. The van der Waals surface area contributed by atoms with Crippen LogP contribution in [0.3, 0.4) is 0 Å². The number of benzene rings is 4. The molecule has 57 heavy (non-hydrogen) atoms. The van der Waals surface area contributed by atoms with Gasteiger partial charge in [-0.3, -0.25) is 0 Å². The molecule has 306 valence electrons. The van der Waals surface area contributed by atoms with E-state index in [1.54, 1.807) is 44.6 Å². The number of phenolic OH excluding ortho intramolecular Hbond substituents is 2. The maximum Gasteiger partial charge on any atom is 0.128 e. The van der Waals surface area contributed by atoms with Crippen molar-refractivity contribution in [3.8, 4) is 45.6 Å². The second-order valence-electron chi connectivity index (χ2n) is 15.5. The zero-order valence-electron chi connectivity index (χ0n) is 33.2. The van der Waals surface area contributed by atoms with Crippen LogP contribution in [0.2, 0.25) is 0 Å². The van der Waals surface area contributed by atoms with E-state index in [1.165, 1.54) is 0 Å². The molecule has 0 amide bonds. The van der Waals surface area contributed by atoms with Crippen LogP contribution in [0.1, 0.15) is 85.0 Å². The molecule has 0 bridgehead atoms. The number of fused-ring (bicyclic) bond motifs is 2. The second-order valence-corrected chi connectivity index (χ2v) is 15.5. The van der Waals surface area contributed by atoms with Crippen molar-refractivity contribution < 1.29 is 48.8 Å². The predicted molar refractivity (Wildman–Crippen MR) is 216 cm³/mol. The quantitative estimate of drug-likeness (QED) is 0.0683. The number of aromatic hydroxyl groups is 2. The van der Waals surface area contributed by atoms with Crippen molar-refractivity contribution in [2.45, 2.75) is 82.3 Å². The summed E-state index contributed by atoms with van der Waals surface area (Å²) in [6.45, 7) is 1.65. The topological polar surface area (TPSA) is 148 Å². The highest BCUT2D eigenvalue weighted by atomic mass is 16.5. The Morgan fingerprint density at radius 3 is 2.44 bits per heavy atom. The minimum absolute atomic E-state index is 0.0101. The number of hydrogen-bond donors (Lipinski definition) is 5. The minimum Gasteiger partial charge on any atom is -0.508 e. The van der Waals surface area contributed by atoms with Gasteiger partial charge in [-0.1, -0.05) is 18.2 Å². The first-order valence-corrected chi connectivity index (χ1v) is 20.3. The van der Waals surface area contributed by atoms with E-state index < -0.39 is 18.1 Å². The van der Waals surface area contributed by atoms with E-state index >= 15 is 0 Å². The van der Waals surface area contributed by atoms with Gasteiger partial charge in [0.15, 0.2) is 0 Å². The standard InChI is InChI=1S/C46H57NO10/c1-47-26-31-23-42-37(25-41(31)53-3)46(54-18-8-16-48)43(40(57-42)13-7-17-52-2)39-27-55-45-30(22-35(24-38(45)44(39)51)56-34-11-4-5-12-34)19-29-21-33(50)14-15-36(29)28-9-6-10-32(49)20-28/h6,9-10,14-15,20-25,34,39-40,43-44,46-51H,4-5,7-8,11-13,16-19,26-27H2,1-3H3/t39-,40+,43+,44+,46-/m0/s1. The van der Waals surface area contributed by atoms with Crippen molar-refractivity contribution in [1.82, 2.24) is 5.32 Å². The van der Waals surface area contributed by atoms with Crippen LogP contribution in [0.5, 0.6) is 34.5 Å². The van der Waals surface area contributed by atoms with Gasteiger partial charge in [0.2, 0.25) is 0 Å². The predicted octanol–water partition coefficient (Wildman–Crippen LogP) is 7.39. The van der Waals surface area contributed by atoms with E-state index in [0.29, 0.717) is 67.6 Å². The summed E-state index contributed by atoms with van der Waals surface area (Å²) in [5.41, 5.74) is 5.76. The number of nitrogens with one attached hydrogen (secondary N) is 1. The molecular formula is C46H57NO10. The molecule has 0 radical (unpaired) electrons. The molecule has 7 rings (SSSR count). The first kappa shape index (κ1) is 40.7. The second kappa shape index (κ2) is 18.8. The summed E-state index contributed by atoms with van der Waals surface area (Å²) in [5.74, 6) is 2.16. The van der Waals surface area contributed by atoms with Crippen LogP contribution in [0.15, 0.2) is 66.7 Å². The largest absolute Gasteiger partial charge is 0.508 e. The van der Waals surface area contributed by atoms with E-state index in [9.17, 15) is 20.4 Å². The number of aliphatic hydroxyl groups excluding tert-OH is 2. The van der Waals surface area contributed by atoms with Crippen LogP contribution in [-0.2, 0) is 22.4 Å². The highest BCUT2D eigenvalue weighted by molar-refractivity contribution is 5.70. The van der Waals surface area contributed by atoms with Gasteiger partial charge in [0.1, 0.15) is 40.6 Å². The first-order valence-electron chi connectivity index (χ1n) is 20.3. The summed E-state index contributed by atoms with van der Waals surface area (Å²) in [7, 11) is 5.23. The van der Waals surface area contributed by atoms with Gasteiger partial charge in [0, 0.05) is 74.0 Å². The Bertz CT molecular complexity index is 1960. The molecule has 5 atom stereocenters. The lowest BCUT2D eigenvalue weighted by atomic mass is 9.72. The van der Waals surface area contributed by atoms with Gasteiger partial charge in [-0.05, 0) is 117 Å². The Kier molecular flexibility index (Phi) is 13.4. The SMILES string of the molecule is CNCc1cc2c(cc1OC)[C@H](OCCCO)[C@H]([C@@H]1COc3c(Cc4cc(O)ccc4-c4cccc(O)c4)cc(OC4CCCC4)cc3[C@H]1O)[C@@H](CCCOC)O2. The normalized spacial score (nSPS) is 21.7. The molecular weight excluding hydrogens is 727 g/mol. The fourth-order valence-electron chi connectivity index (χ4n) is 8.95. The minimum atomic E-state index is -0.969. The Hall–Kier alpha value is -4.52. The van der Waals surface area contributed by atoms with Gasteiger partial charge in [-0.15, -0.1) is 0 Å². The van der Waals surface area contributed by atoms with Crippen molar-refractivity contribution in [2.24, 2.45) is 11.8 Å². The summed E-state index contributed by atoms with van der Waals surface area (Å²) < 4.78 is 38.3. The van der Waals surface area contributed by atoms with Crippen LogP contribution in [0.25, 0.3) is 11.1 Å². The number of hydrogen-bond acceptors (Lipinski definition) is 11. The average molecular weight is 784 g/mol. The van der Waals surface area contributed by atoms with Gasteiger partial charge < -0.3 is 54.2 Å². The van der Waals surface area contributed by atoms with Crippen LogP contribution in [0.4, 0.5) is 0 Å². The fourth-order valence-corrected chi connectivity index (χ4v) is 8.95. The number of methoxy groups -OCH3 is 2. The van der Waals surface area contributed by atoms with Gasteiger partial charge in [0.05, 0.1) is 32.0 Å². The third kappa shape index (κ3) is 9.13. The molecule has 2 heterocycles. The Morgan fingerprint density at radius 2 is 1.68 bits per heavy atom. The Labute approximate surface area is 335 Å². The van der Waals surface area contributed by atoms with E-state index in [0.717, 1.165) is 65.5 Å². The summed E-state index contributed by atoms with van der Waals surface area (Å²) in [6.07, 6.45) is 4.67.